The van der Waals surface area contributed by atoms with Crippen LogP contribution in [0.25, 0.3) is 0 Å². The summed E-state index contributed by atoms with van der Waals surface area (Å²) in [5, 5.41) is 0. The minimum absolute atomic E-state index is 0.0856. The summed E-state index contributed by atoms with van der Waals surface area (Å²) in [5.74, 6) is -4.63. The maximum atomic E-state index is 14.9. The van der Waals surface area contributed by atoms with E-state index in [2.05, 4.69) is 0 Å². The number of hydrogen-bond acceptors (Lipinski definition) is 1. The van der Waals surface area contributed by atoms with E-state index in [0.717, 1.165) is 6.07 Å². The van der Waals surface area contributed by atoms with E-state index in [1.54, 1.807) is 18.2 Å². The molecule has 0 aliphatic rings. The highest BCUT2D eigenvalue weighted by Gasteiger charge is 2.36. The van der Waals surface area contributed by atoms with Gasteiger partial charge < -0.3 is 5.73 Å². The lowest BCUT2D eigenvalue weighted by molar-refractivity contribution is 0.221. The monoisotopic (exact) mass is 269 g/mol. The van der Waals surface area contributed by atoms with Crippen molar-refractivity contribution >= 4 is 0 Å². The molecule has 0 radical (unpaired) electrons. The first-order chi connectivity index (χ1) is 9.00. The molecule has 5 heteroatoms. The fraction of sp³-hybridized carbons (Fsp3) is 0.143. The van der Waals surface area contributed by atoms with Crippen molar-refractivity contribution in [3.05, 3.63) is 71.0 Å². The van der Waals surface area contributed by atoms with E-state index in [9.17, 15) is 17.6 Å². The Balaban J connectivity index is 2.63. The molecule has 0 aliphatic heterocycles. The Morgan fingerprint density at radius 2 is 1.53 bits per heavy atom. The van der Waals surface area contributed by atoms with Crippen molar-refractivity contribution in [2.24, 2.45) is 5.73 Å². The van der Waals surface area contributed by atoms with Crippen LogP contribution in [0, 0.1) is 17.5 Å². The molecule has 19 heavy (non-hydrogen) atoms. The van der Waals surface area contributed by atoms with Crippen molar-refractivity contribution in [3.63, 3.8) is 0 Å². The average molecular weight is 269 g/mol. The summed E-state index contributed by atoms with van der Waals surface area (Å²) in [6.07, 6.45) is 0. The lowest BCUT2D eigenvalue weighted by Gasteiger charge is -2.25. The molecule has 0 aliphatic carbocycles. The molecule has 0 fully saturated rings. The Morgan fingerprint density at radius 3 is 2.11 bits per heavy atom. The van der Waals surface area contributed by atoms with Gasteiger partial charge in [0.05, 0.1) is 0 Å². The first-order valence-electron chi connectivity index (χ1n) is 5.59. The van der Waals surface area contributed by atoms with Crippen molar-refractivity contribution in [1.82, 2.24) is 0 Å². The van der Waals surface area contributed by atoms with Gasteiger partial charge in [-0.15, -0.1) is 0 Å². The lowest BCUT2D eigenvalue weighted by Crippen LogP contribution is -2.33. The molecule has 1 nitrogen and oxygen atoms in total. The second-order valence-corrected chi connectivity index (χ2v) is 4.09. The Morgan fingerprint density at radius 1 is 0.895 bits per heavy atom. The van der Waals surface area contributed by atoms with Crippen LogP contribution in [0.5, 0.6) is 0 Å². The van der Waals surface area contributed by atoms with Gasteiger partial charge >= 0.3 is 0 Å². The summed E-state index contributed by atoms with van der Waals surface area (Å²) in [4.78, 5) is 0. The maximum absolute atomic E-state index is 14.9. The molecule has 0 saturated heterocycles. The van der Waals surface area contributed by atoms with Crippen LogP contribution < -0.4 is 5.73 Å². The molecule has 0 saturated carbocycles. The summed E-state index contributed by atoms with van der Waals surface area (Å²) in [6, 6.07) is 9.13. The Labute approximate surface area is 107 Å². The molecule has 0 amide bonds. The molecule has 0 heterocycles. The highest BCUT2D eigenvalue weighted by atomic mass is 19.2. The highest BCUT2D eigenvalue weighted by Crippen LogP contribution is 2.35. The fourth-order valence-corrected chi connectivity index (χ4v) is 1.92. The van der Waals surface area contributed by atoms with Gasteiger partial charge in [0.25, 0.3) is 0 Å². The molecular formula is C14H11F4N. The Kier molecular flexibility index (Phi) is 3.57. The van der Waals surface area contributed by atoms with Crippen molar-refractivity contribution in [1.29, 1.82) is 0 Å². The quantitative estimate of drug-likeness (QED) is 0.671. The van der Waals surface area contributed by atoms with E-state index in [1.807, 2.05) is 0 Å². The van der Waals surface area contributed by atoms with E-state index < -0.39 is 35.2 Å². The van der Waals surface area contributed by atoms with Crippen LogP contribution in [0.4, 0.5) is 17.6 Å². The molecule has 100 valence electrons. The molecule has 2 rings (SSSR count). The van der Waals surface area contributed by atoms with E-state index in [-0.39, 0.29) is 5.56 Å². The predicted molar refractivity (Wildman–Crippen MR) is 63.7 cm³/mol. The van der Waals surface area contributed by atoms with Crippen molar-refractivity contribution in [2.45, 2.75) is 5.67 Å². The molecule has 0 aromatic heterocycles. The van der Waals surface area contributed by atoms with Gasteiger partial charge in [-0.3, -0.25) is 0 Å². The summed E-state index contributed by atoms with van der Waals surface area (Å²) in [7, 11) is 0. The van der Waals surface area contributed by atoms with Crippen LogP contribution in [0.3, 0.4) is 0 Å². The molecule has 0 spiro atoms. The fourth-order valence-electron chi connectivity index (χ4n) is 1.92. The third kappa shape index (κ3) is 2.21. The van der Waals surface area contributed by atoms with Gasteiger partial charge in [-0.2, -0.15) is 0 Å². The zero-order valence-electron chi connectivity index (χ0n) is 9.84. The number of benzene rings is 2. The first kappa shape index (κ1) is 13.5. The summed E-state index contributed by atoms with van der Waals surface area (Å²) in [6.45, 7) is -0.584. The van der Waals surface area contributed by atoms with Crippen LogP contribution >= 0.6 is 0 Å². The topological polar surface area (TPSA) is 26.0 Å². The molecule has 1 unspecified atom stereocenters. The van der Waals surface area contributed by atoms with Gasteiger partial charge in [0.2, 0.25) is 0 Å². The minimum Gasteiger partial charge on any atom is -0.327 e. The third-order valence-electron chi connectivity index (χ3n) is 2.97. The Hall–Kier alpha value is -1.88. The second kappa shape index (κ2) is 5.01. The molecule has 0 bridgehead atoms. The minimum atomic E-state index is -2.40. The summed E-state index contributed by atoms with van der Waals surface area (Å²) in [5.41, 5.74) is 2.44. The van der Waals surface area contributed by atoms with Crippen molar-refractivity contribution in [2.75, 3.05) is 6.54 Å². The molecular weight excluding hydrogens is 258 g/mol. The number of nitrogens with two attached hydrogens (primary N) is 1. The van der Waals surface area contributed by atoms with E-state index in [1.165, 1.54) is 12.1 Å². The average Bonchev–Trinajstić information content (AvgIpc) is 2.45. The van der Waals surface area contributed by atoms with Crippen LogP contribution in [0.15, 0.2) is 42.5 Å². The van der Waals surface area contributed by atoms with Gasteiger partial charge in [-0.1, -0.05) is 30.3 Å². The van der Waals surface area contributed by atoms with Gasteiger partial charge in [-0.25, -0.2) is 17.6 Å². The van der Waals surface area contributed by atoms with E-state index >= 15 is 0 Å². The van der Waals surface area contributed by atoms with E-state index in [0.29, 0.717) is 6.07 Å². The van der Waals surface area contributed by atoms with Gasteiger partial charge in [0, 0.05) is 12.1 Å². The van der Waals surface area contributed by atoms with E-state index in [4.69, 9.17) is 5.73 Å². The van der Waals surface area contributed by atoms with Crippen LogP contribution in [-0.4, -0.2) is 6.54 Å². The number of rotatable bonds is 3. The molecule has 2 N–H and O–H groups in total. The zero-order valence-corrected chi connectivity index (χ0v) is 9.84. The highest BCUT2D eigenvalue weighted by molar-refractivity contribution is 5.38. The summed E-state index contributed by atoms with van der Waals surface area (Å²) >= 11 is 0. The van der Waals surface area contributed by atoms with Crippen LogP contribution in [0.2, 0.25) is 0 Å². The van der Waals surface area contributed by atoms with Crippen molar-refractivity contribution in [3.8, 4) is 0 Å². The molecule has 2 aromatic carbocycles. The standard InChI is InChI=1S/C14H11F4N/c15-11-7-6-10(12(16)13(11)17)14(18,8-19)9-4-2-1-3-5-9/h1-7H,8,19H2. The number of halogens is 4. The zero-order chi connectivity index (χ0) is 14.0. The smallest absolute Gasteiger partial charge is 0.194 e. The van der Waals surface area contributed by atoms with Gasteiger partial charge in [0.15, 0.2) is 23.1 Å². The number of alkyl halides is 1. The second-order valence-electron chi connectivity index (χ2n) is 4.09. The number of hydrogen-bond donors (Lipinski definition) is 1. The Bertz CT molecular complexity index is 585. The SMILES string of the molecule is NCC(F)(c1ccccc1)c1ccc(F)c(F)c1F. The third-order valence-corrected chi connectivity index (χ3v) is 2.97. The summed E-state index contributed by atoms with van der Waals surface area (Å²) < 4.78 is 54.7. The normalized spacial score (nSPS) is 14.2. The van der Waals surface area contributed by atoms with Crippen molar-refractivity contribution < 1.29 is 17.6 Å². The first-order valence-corrected chi connectivity index (χ1v) is 5.59. The van der Waals surface area contributed by atoms with Gasteiger partial charge in [0.1, 0.15) is 0 Å². The maximum Gasteiger partial charge on any atom is 0.194 e. The molecule has 2 aromatic rings. The van der Waals surface area contributed by atoms with Crippen LogP contribution in [-0.2, 0) is 5.67 Å². The predicted octanol–water partition coefficient (Wildman–Crippen LogP) is 3.28. The lowest BCUT2D eigenvalue weighted by atomic mass is 9.87. The largest absolute Gasteiger partial charge is 0.327 e. The van der Waals surface area contributed by atoms with Gasteiger partial charge in [-0.05, 0) is 17.7 Å². The molecule has 1 atom stereocenters. The van der Waals surface area contributed by atoms with Crippen LogP contribution in [0.1, 0.15) is 11.1 Å².